The number of halogens is 1. The van der Waals surface area contributed by atoms with E-state index in [1.54, 1.807) is 12.1 Å². The molecular formula is C22H35ClN4O3. The van der Waals surface area contributed by atoms with E-state index in [0.717, 1.165) is 26.2 Å². The first-order chi connectivity index (χ1) is 14.4. The number of piperidine rings is 1. The third kappa shape index (κ3) is 6.09. The summed E-state index contributed by atoms with van der Waals surface area (Å²) >= 11 is 0. The molecule has 0 unspecified atom stereocenters. The van der Waals surface area contributed by atoms with Gasteiger partial charge in [0.15, 0.2) is 0 Å². The van der Waals surface area contributed by atoms with Gasteiger partial charge in [-0.05, 0) is 64.1 Å². The molecule has 2 aliphatic heterocycles. The highest BCUT2D eigenvalue weighted by atomic mass is 35.5. The van der Waals surface area contributed by atoms with Crippen molar-refractivity contribution in [3.8, 4) is 5.75 Å². The predicted molar refractivity (Wildman–Crippen MR) is 120 cm³/mol. The van der Waals surface area contributed by atoms with Gasteiger partial charge in [0.1, 0.15) is 12.3 Å². The van der Waals surface area contributed by atoms with Crippen molar-refractivity contribution in [3.05, 3.63) is 29.8 Å². The largest absolute Gasteiger partial charge is 0.497 e. The highest BCUT2D eigenvalue weighted by Gasteiger charge is 2.29. The number of hydrogen-bond acceptors (Lipinski definition) is 5. The summed E-state index contributed by atoms with van der Waals surface area (Å²) < 4.78 is 13.2. The maximum atomic E-state index is 12.9. The summed E-state index contributed by atoms with van der Waals surface area (Å²) in [5.41, 5.74) is 0.289. The van der Waals surface area contributed by atoms with Crippen LogP contribution in [0.2, 0.25) is 0 Å². The number of rotatable bonds is 6. The standard InChI is InChI=1S/C22H34N4O3.ClH/c1-4-24(22(28)18-5-7-20(29-3)8-6-18)17-21(27)26-15-13-25(14-16-26)19-9-11-23(2)12-10-19;/h5-8,19H,4,9-17H2,1-3H3;1H/i5D;. The van der Waals surface area contributed by atoms with Crippen molar-refractivity contribution in [2.24, 2.45) is 0 Å². The summed E-state index contributed by atoms with van der Waals surface area (Å²) in [5, 5.41) is 0. The molecule has 0 N–H and O–H groups in total. The molecule has 2 saturated heterocycles. The van der Waals surface area contributed by atoms with Gasteiger partial charge in [0.25, 0.3) is 5.91 Å². The molecule has 0 bridgehead atoms. The highest BCUT2D eigenvalue weighted by Crippen LogP contribution is 2.18. The maximum absolute atomic E-state index is 12.9. The Balaban J connectivity index is 0.00000341. The van der Waals surface area contributed by atoms with Crippen molar-refractivity contribution in [2.75, 3.05) is 66.5 Å². The minimum absolute atomic E-state index is 0. The number of carbonyl (C=O) groups is 2. The van der Waals surface area contributed by atoms with Gasteiger partial charge in [-0.3, -0.25) is 14.5 Å². The average Bonchev–Trinajstić information content (AvgIpc) is 2.77. The molecule has 2 amide bonds. The van der Waals surface area contributed by atoms with Gasteiger partial charge < -0.3 is 19.4 Å². The number of hydrogen-bond donors (Lipinski definition) is 0. The molecule has 7 nitrogen and oxygen atoms in total. The molecule has 3 rings (SSSR count). The van der Waals surface area contributed by atoms with Gasteiger partial charge in [-0.2, -0.15) is 0 Å². The molecule has 8 heteroatoms. The fourth-order valence-electron chi connectivity index (χ4n) is 4.13. The molecule has 0 saturated carbocycles. The van der Waals surface area contributed by atoms with E-state index < -0.39 is 0 Å². The van der Waals surface area contributed by atoms with E-state index in [1.807, 2.05) is 11.8 Å². The van der Waals surface area contributed by atoms with Crippen molar-refractivity contribution in [1.82, 2.24) is 19.6 Å². The first-order valence-electron chi connectivity index (χ1n) is 11.1. The number of likely N-dealkylation sites (tertiary alicyclic amines) is 1. The lowest BCUT2D eigenvalue weighted by Crippen LogP contribution is -2.55. The first kappa shape index (κ1) is 22.8. The second kappa shape index (κ2) is 11.5. The third-order valence-electron chi connectivity index (χ3n) is 6.12. The SMILES string of the molecule is Cl.[2H]c1cc(OC)ccc1C(=O)N(CC)CC(=O)N1CCN(C2CCN(C)CC2)CC1. The van der Waals surface area contributed by atoms with Crippen LogP contribution < -0.4 is 4.74 Å². The summed E-state index contributed by atoms with van der Waals surface area (Å²) in [5.74, 6) is 0.231. The van der Waals surface area contributed by atoms with E-state index in [1.165, 1.54) is 30.9 Å². The van der Waals surface area contributed by atoms with E-state index >= 15 is 0 Å². The summed E-state index contributed by atoms with van der Waals surface area (Å²) in [6.07, 6.45) is 2.39. The van der Waals surface area contributed by atoms with Crippen LogP contribution in [0, 0.1) is 0 Å². The van der Waals surface area contributed by atoms with Crippen LogP contribution in [0.4, 0.5) is 0 Å². The quantitative estimate of drug-likeness (QED) is 0.676. The van der Waals surface area contributed by atoms with Crippen molar-refractivity contribution in [3.63, 3.8) is 0 Å². The van der Waals surface area contributed by atoms with Crippen molar-refractivity contribution >= 4 is 24.2 Å². The zero-order valence-electron chi connectivity index (χ0n) is 19.3. The van der Waals surface area contributed by atoms with Gasteiger partial charge in [-0.25, -0.2) is 0 Å². The van der Waals surface area contributed by atoms with Crippen LogP contribution in [0.5, 0.6) is 5.75 Å². The van der Waals surface area contributed by atoms with Crippen molar-refractivity contribution in [2.45, 2.75) is 25.8 Å². The monoisotopic (exact) mass is 439 g/mol. The van der Waals surface area contributed by atoms with E-state index in [0.29, 0.717) is 31.4 Å². The normalized spacial score (nSPS) is 19.0. The Bertz CT molecular complexity index is 750. The van der Waals surface area contributed by atoms with Crippen LogP contribution >= 0.6 is 12.4 Å². The van der Waals surface area contributed by atoms with Crippen molar-refractivity contribution in [1.29, 1.82) is 0 Å². The van der Waals surface area contributed by atoms with Crippen LogP contribution in [0.15, 0.2) is 24.2 Å². The Morgan fingerprint density at radius 2 is 1.80 bits per heavy atom. The number of likely N-dealkylation sites (N-methyl/N-ethyl adjacent to an activating group) is 1. The third-order valence-corrected chi connectivity index (χ3v) is 6.12. The minimum Gasteiger partial charge on any atom is -0.497 e. The van der Waals surface area contributed by atoms with Crippen LogP contribution in [0.3, 0.4) is 0 Å². The molecule has 0 radical (unpaired) electrons. The topological polar surface area (TPSA) is 56.3 Å². The van der Waals surface area contributed by atoms with E-state index in [4.69, 9.17) is 6.11 Å². The summed E-state index contributed by atoms with van der Waals surface area (Å²) in [7, 11) is 3.70. The van der Waals surface area contributed by atoms with Crippen LogP contribution in [-0.4, -0.2) is 104 Å². The number of piperazine rings is 1. The number of benzene rings is 1. The second-order valence-electron chi connectivity index (χ2n) is 7.91. The number of nitrogens with zero attached hydrogens (tertiary/aromatic N) is 4. The Kier molecular flexibility index (Phi) is 8.78. The molecule has 30 heavy (non-hydrogen) atoms. The molecule has 1 aromatic carbocycles. The number of carbonyl (C=O) groups excluding carboxylic acids is 2. The predicted octanol–water partition coefficient (Wildman–Crippen LogP) is 1.82. The molecule has 168 valence electrons. The van der Waals surface area contributed by atoms with Gasteiger partial charge in [0.05, 0.1) is 8.48 Å². The number of ether oxygens (including phenoxy) is 1. The molecule has 1 aromatic rings. The summed E-state index contributed by atoms with van der Waals surface area (Å²) in [6.45, 7) is 7.83. The smallest absolute Gasteiger partial charge is 0.254 e. The van der Waals surface area contributed by atoms with E-state index in [2.05, 4.69) is 16.8 Å². The number of methoxy groups -OCH3 is 1. The molecule has 2 aliphatic rings. The maximum Gasteiger partial charge on any atom is 0.254 e. The molecule has 2 heterocycles. The zero-order chi connectivity index (χ0) is 21.7. The number of amides is 2. The molecule has 0 aromatic heterocycles. The lowest BCUT2D eigenvalue weighted by Gasteiger charge is -2.42. The molecule has 0 atom stereocenters. The lowest BCUT2D eigenvalue weighted by molar-refractivity contribution is -0.134. The average molecular weight is 440 g/mol. The van der Waals surface area contributed by atoms with Crippen LogP contribution in [0.1, 0.15) is 31.5 Å². The summed E-state index contributed by atoms with van der Waals surface area (Å²) in [6, 6.07) is 5.51. The molecule has 0 aliphatic carbocycles. The highest BCUT2D eigenvalue weighted by molar-refractivity contribution is 5.96. The van der Waals surface area contributed by atoms with Gasteiger partial charge in [0, 0.05) is 44.3 Å². The Morgan fingerprint density at radius 3 is 2.37 bits per heavy atom. The van der Waals surface area contributed by atoms with Gasteiger partial charge in [-0.15, -0.1) is 12.4 Å². The van der Waals surface area contributed by atoms with Gasteiger partial charge in [0.2, 0.25) is 5.91 Å². The van der Waals surface area contributed by atoms with Crippen LogP contribution in [-0.2, 0) is 4.79 Å². The zero-order valence-corrected chi connectivity index (χ0v) is 19.1. The molecular weight excluding hydrogens is 404 g/mol. The van der Waals surface area contributed by atoms with Crippen molar-refractivity contribution < 1.29 is 15.7 Å². The van der Waals surface area contributed by atoms with E-state index in [9.17, 15) is 9.59 Å². The van der Waals surface area contributed by atoms with Gasteiger partial charge in [-0.1, -0.05) is 0 Å². The Labute approximate surface area is 187 Å². The second-order valence-corrected chi connectivity index (χ2v) is 7.91. The van der Waals surface area contributed by atoms with E-state index in [-0.39, 0.29) is 42.4 Å². The Morgan fingerprint density at radius 1 is 1.13 bits per heavy atom. The first-order valence-corrected chi connectivity index (χ1v) is 10.6. The molecule has 2 fully saturated rings. The van der Waals surface area contributed by atoms with Gasteiger partial charge >= 0.3 is 0 Å². The van der Waals surface area contributed by atoms with Crippen LogP contribution in [0.25, 0.3) is 0 Å². The Hall–Kier alpha value is -1.83. The lowest BCUT2D eigenvalue weighted by atomic mass is 10.0. The minimum atomic E-state index is -0.288. The molecule has 0 spiro atoms. The fourth-order valence-corrected chi connectivity index (χ4v) is 4.13. The summed E-state index contributed by atoms with van der Waals surface area (Å²) in [4.78, 5) is 34.0. The fraction of sp³-hybridized carbons (Fsp3) is 0.636.